The van der Waals surface area contributed by atoms with Gasteiger partial charge >= 0.3 is 25.0 Å². The molecule has 2 aliphatic heterocycles. The van der Waals surface area contributed by atoms with Gasteiger partial charge in [0, 0.05) is 65.4 Å². The van der Waals surface area contributed by atoms with Crippen LogP contribution in [-0.2, 0) is 24.0 Å². The van der Waals surface area contributed by atoms with Crippen LogP contribution in [0.1, 0.15) is 32.1 Å². The predicted octanol–water partition coefficient (Wildman–Crippen LogP) is -3.92. The number of hydrogen-bond acceptors (Lipinski definition) is 12. The van der Waals surface area contributed by atoms with Gasteiger partial charge in [-0.2, -0.15) is 0 Å². The molecule has 2 aliphatic rings. The molecule has 2 heterocycles. The highest BCUT2D eigenvalue weighted by atomic mass is 16.4. The van der Waals surface area contributed by atoms with Crippen molar-refractivity contribution in [2.45, 2.75) is 44.1 Å². The number of nitrogens with zero attached hydrogens (tertiary/aromatic N) is 5. The minimum atomic E-state index is -1.60. The fraction of sp³-hybridized carbons (Fsp3) is 0.808. The number of likely N-dealkylation sites (tertiary alicyclic amines) is 1. The maximum atomic E-state index is 12.8. The lowest BCUT2D eigenvalue weighted by atomic mass is 9.77. The number of carbonyl (C=O) groups is 5. The second kappa shape index (κ2) is 19.5. The van der Waals surface area contributed by atoms with E-state index >= 15 is 0 Å². The Morgan fingerprint density at radius 1 is 0.705 bits per heavy atom. The minimum absolute atomic E-state index is 0.0186. The molecule has 0 saturated carbocycles. The molecule has 2 atom stereocenters. The average molecular weight is 630 g/mol. The second-order valence-electron chi connectivity index (χ2n) is 11.4. The van der Waals surface area contributed by atoms with E-state index in [0.29, 0.717) is 84.5 Å². The van der Waals surface area contributed by atoms with E-state index < -0.39 is 37.0 Å². The lowest BCUT2D eigenvalue weighted by Crippen LogP contribution is -2.51. The topological polar surface area (TPSA) is 241 Å². The summed E-state index contributed by atoms with van der Waals surface area (Å²) in [6, 6.07) is -0.772. The number of aliphatic carboxylic acids is 3. The summed E-state index contributed by atoms with van der Waals surface area (Å²) < 4.78 is 0. The lowest BCUT2D eigenvalue weighted by molar-refractivity contribution is -0.140. The molecule has 44 heavy (non-hydrogen) atoms. The Labute approximate surface area is 257 Å². The van der Waals surface area contributed by atoms with Gasteiger partial charge in [0.2, 0.25) is 11.8 Å². The zero-order valence-electron chi connectivity index (χ0n) is 25.3. The number of unbranched alkanes of at least 4 members (excludes halogenated alkanes) is 1. The molecule has 8 N–H and O–H groups in total. The Morgan fingerprint density at radius 2 is 1.14 bits per heavy atom. The first kappa shape index (κ1) is 37.3. The highest BCUT2D eigenvalue weighted by Gasteiger charge is 2.38. The predicted molar refractivity (Wildman–Crippen MR) is 158 cm³/mol. The summed E-state index contributed by atoms with van der Waals surface area (Å²) in [6.07, 6.45) is 2.73. The second-order valence-corrected chi connectivity index (χ2v) is 11.4. The van der Waals surface area contributed by atoms with E-state index in [1.807, 2.05) is 4.90 Å². The molecule has 250 valence electrons. The van der Waals surface area contributed by atoms with Crippen molar-refractivity contribution in [3.63, 3.8) is 0 Å². The van der Waals surface area contributed by atoms with Crippen molar-refractivity contribution < 1.29 is 49.3 Å². The van der Waals surface area contributed by atoms with E-state index in [4.69, 9.17) is 5.73 Å². The Hall–Kier alpha value is -2.87. The van der Waals surface area contributed by atoms with Gasteiger partial charge in [-0.3, -0.25) is 43.6 Å². The van der Waals surface area contributed by atoms with Crippen molar-refractivity contribution >= 4 is 36.8 Å². The van der Waals surface area contributed by atoms with Crippen LogP contribution in [0.3, 0.4) is 0 Å². The summed E-state index contributed by atoms with van der Waals surface area (Å²) in [6.45, 7) is 2.57. The Bertz CT molecular complexity index is 930. The maximum absolute atomic E-state index is 12.8. The lowest BCUT2D eigenvalue weighted by Gasteiger charge is -2.32. The quantitative estimate of drug-likeness (QED) is 0.0676. The fourth-order valence-corrected chi connectivity index (χ4v) is 5.47. The maximum Gasteiger partial charge on any atom is 0.475 e. The van der Waals surface area contributed by atoms with Crippen LogP contribution < -0.4 is 11.1 Å². The van der Waals surface area contributed by atoms with Gasteiger partial charge in [0.25, 0.3) is 0 Å². The molecule has 0 unspecified atom stereocenters. The van der Waals surface area contributed by atoms with E-state index in [9.17, 15) is 49.3 Å². The van der Waals surface area contributed by atoms with Crippen LogP contribution in [-0.4, -0.2) is 190 Å². The molecule has 2 rings (SSSR count). The van der Waals surface area contributed by atoms with Crippen LogP contribution in [0.5, 0.6) is 0 Å². The van der Waals surface area contributed by atoms with Gasteiger partial charge in [-0.1, -0.05) is 0 Å². The van der Waals surface area contributed by atoms with E-state index in [0.717, 1.165) is 0 Å². The fourth-order valence-electron chi connectivity index (χ4n) is 5.47. The van der Waals surface area contributed by atoms with Crippen LogP contribution in [0.2, 0.25) is 0 Å². The third-order valence-electron chi connectivity index (χ3n) is 7.88. The molecule has 0 aliphatic carbocycles. The smallest absolute Gasteiger partial charge is 0.475 e. The van der Waals surface area contributed by atoms with Crippen molar-refractivity contribution in [3.05, 3.63) is 0 Å². The summed E-state index contributed by atoms with van der Waals surface area (Å²) in [5, 5.41) is 49.8. The third-order valence-corrected chi connectivity index (χ3v) is 7.88. The molecule has 0 aromatic heterocycles. The molecule has 2 saturated heterocycles. The minimum Gasteiger partial charge on any atom is -0.480 e. The van der Waals surface area contributed by atoms with Crippen molar-refractivity contribution in [2.24, 2.45) is 5.73 Å². The van der Waals surface area contributed by atoms with E-state index in [1.54, 1.807) is 14.7 Å². The molecule has 0 aromatic rings. The summed E-state index contributed by atoms with van der Waals surface area (Å²) in [7, 11) is -1.60. The SMILES string of the molecule is N[C@@H](CCCCNC(=O)CN1CCN(CC(=O)O)CCN(CC(=O)O)CCN(CC(=O)O)CC1)C(=O)N1CCC[C@H]1B(O)O. The molecule has 2 fully saturated rings. The van der Waals surface area contributed by atoms with Crippen LogP contribution >= 0.6 is 0 Å². The zero-order valence-corrected chi connectivity index (χ0v) is 25.3. The van der Waals surface area contributed by atoms with Gasteiger partial charge in [-0.15, -0.1) is 0 Å². The van der Waals surface area contributed by atoms with Gasteiger partial charge in [0.05, 0.1) is 38.2 Å². The van der Waals surface area contributed by atoms with Gasteiger partial charge < -0.3 is 41.3 Å². The van der Waals surface area contributed by atoms with Gasteiger partial charge in [-0.05, 0) is 32.1 Å². The van der Waals surface area contributed by atoms with E-state index in [-0.39, 0.29) is 51.1 Å². The van der Waals surface area contributed by atoms with Gasteiger partial charge in [0.1, 0.15) is 0 Å². The molecule has 17 nitrogen and oxygen atoms in total. The largest absolute Gasteiger partial charge is 0.480 e. The summed E-state index contributed by atoms with van der Waals surface area (Å²) in [4.78, 5) is 67.9. The highest BCUT2D eigenvalue weighted by molar-refractivity contribution is 6.43. The molecule has 0 bridgehead atoms. The van der Waals surface area contributed by atoms with Crippen molar-refractivity contribution in [1.29, 1.82) is 0 Å². The first-order valence-electron chi connectivity index (χ1n) is 15.1. The highest BCUT2D eigenvalue weighted by Crippen LogP contribution is 2.19. The van der Waals surface area contributed by atoms with Gasteiger partial charge in [-0.25, -0.2) is 0 Å². The first-order chi connectivity index (χ1) is 20.8. The van der Waals surface area contributed by atoms with Crippen LogP contribution in [0, 0.1) is 0 Å². The number of carboxylic acid groups (broad SMARTS) is 3. The molecule has 0 radical (unpaired) electrons. The standard InChI is InChI=1S/C26H48BN7O10/c28-20(26(42)34-7-3-5-21(34)27(43)44)4-1-2-6-29-22(35)16-30-8-10-31(17-23(36)37)12-14-33(19-25(40)41)15-13-32(11-9-30)18-24(38)39/h20-21,43-44H,1-19,28H2,(H,29,35)(H,36,37)(H,38,39)(H,40,41)/t20-,21-/m0/s1. The van der Waals surface area contributed by atoms with E-state index in [1.165, 1.54) is 4.90 Å². The molecule has 0 aromatic carbocycles. The van der Waals surface area contributed by atoms with Gasteiger partial charge in [0.15, 0.2) is 0 Å². The summed E-state index contributed by atoms with van der Waals surface area (Å²) in [5.74, 6) is -4.28. The van der Waals surface area contributed by atoms with Crippen LogP contribution in [0.25, 0.3) is 0 Å². The number of nitrogens with one attached hydrogen (secondary N) is 1. The Balaban J connectivity index is 1.88. The summed E-state index contributed by atoms with van der Waals surface area (Å²) >= 11 is 0. The third kappa shape index (κ3) is 14.3. The van der Waals surface area contributed by atoms with Crippen molar-refractivity contribution in [2.75, 3.05) is 91.6 Å². The first-order valence-corrected chi connectivity index (χ1v) is 15.1. The van der Waals surface area contributed by atoms with Crippen LogP contribution in [0.4, 0.5) is 0 Å². The number of amides is 2. The summed E-state index contributed by atoms with van der Waals surface area (Å²) in [5.41, 5.74) is 6.05. The number of hydrogen-bond donors (Lipinski definition) is 7. The van der Waals surface area contributed by atoms with Crippen molar-refractivity contribution in [3.8, 4) is 0 Å². The average Bonchev–Trinajstić information content (AvgIpc) is 3.43. The number of carboxylic acids is 3. The number of rotatable bonds is 15. The molecular formula is C26H48BN7O10. The van der Waals surface area contributed by atoms with Crippen LogP contribution in [0.15, 0.2) is 0 Å². The normalized spacial score (nSPS) is 20.8. The Morgan fingerprint density at radius 3 is 1.55 bits per heavy atom. The zero-order chi connectivity index (χ0) is 32.6. The Kier molecular flexibility index (Phi) is 16.5. The molecule has 18 heteroatoms. The van der Waals surface area contributed by atoms with E-state index in [2.05, 4.69) is 5.32 Å². The van der Waals surface area contributed by atoms with Crippen molar-refractivity contribution in [1.82, 2.24) is 29.8 Å². The number of carbonyl (C=O) groups excluding carboxylic acids is 2. The number of nitrogens with two attached hydrogens (primary N) is 1. The molecule has 2 amide bonds. The monoisotopic (exact) mass is 629 g/mol. The molecular weight excluding hydrogens is 581 g/mol. The molecule has 0 spiro atoms.